The molecular formula is C17H27N3O. The quantitative estimate of drug-likeness (QED) is 0.838. The fourth-order valence-corrected chi connectivity index (χ4v) is 2.94. The fourth-order valence-electron chi connectivity index (χ4n) is 2.94. The second-order valence-electron chi connectivity index (χ2n) is 6.07. The second kappa shape index (κ2) is 6.94. The van der Waals surface area contributed by atoms with Crippen LogP contribution in [0, 0.1) is 12.8 Å². The third kappa shape index (κ3) is 3.76. The Morgan fingerprint density at radius 1 is 1.43 bits per heavy atom. The predicted molar refractivity (Wildman–Crippen MR) is 88.3 cm³/mol. The average Bonchev–Trinajstić information content (AvgIpc) is 2.51. The van der Waals surface area contributed by atoms with E-state index in [-0.39, 0.29) is 11.9 Å². The van der Waals surface area contributed by atoms with Crippen LogP contribution in [0.5, 0.6) is 0 Å². The fraction of sp³-hybridized carbons (Fsp3) is 0.588. The molecule has 116 valence electrons. The van der Waals surface area contributed by atoms with Gasteiger partial charge in [-0.1, -0.05) is 19.4 Å². The van der Waals surface area contributed by atoms with Gasteiger partial charge in [-0.3, -0.25) is 9.69 Å². The van der Waals surface area contributed by atoms with Gasteiger partial charge in [0.05, 0.1) is 6.04 Å². The minimum absolute atomic E-state index is 0.0543. The number of nitrogen functional groups attached to an aromatic ring is 1. The van der Waals surface area contributed by atoms with Crippen molar-refractivity contribution in [3.8, 4) is 0 Å². The van der Waals surface area contributed by atoms with E-state index in [0.717, 1.165) is 30.3 Å². The van der Waals surface area contributed by atoms with E-state index in [1.165, 1.54) is 19.3 Å². The van der Waals surface area contributed by atoms with E-state index < -0.39 is 0 Å². The highest BCUT2D eigenvalue weighted by atomic mass is 16.2. The number of nitrogens with one attached hydrogen (secondary N) is 1. The number of hydrogen-bond donors (Lipinski definition) is 2. The van der Waals surface area contributed by atoms with Crippen molar-refractivity contribution in [2.45, 2.75) is 46.1 Å². The first-order chi connectivity index (χ1) is 10.0. The summed E-state index contributed by atoms with van der Waals surface area (Å²) in [7, 11) is 0. The van der Waals surface area contributed by atoms with Crippen LogP contribution < -0.4 is 11.1 Å². The maximum Gasteiger partial charge on any atom is 0.241 e. The molecule has 4 heteroatoms. The average molecular weight is 289 g/mol. The second-order valence-corrected chi connectivity index (χ2v) is 6.07. The lowest BCUT2D eigenvalue weighted by Crippen LogP contribution is -2.46. The van der Waals surface area contributed by atoms with Crippen molar-refractivity contribution in [3.05, 3.63) is 23.8 Å². The zero-order valence-electron chi connectivity index (χ0n) is 13.4. The summed E-state index contributed by atoms with van der Waals surface area (Å²) >= 11 is 0. The first kappa shape index (κ1) is 15.8. The molecule has 1 atom stereocenters. The lowest BCUT2D eigenvalue weighted by atomic mass is 9.93. The van der Waals surface area contributed by atoms with Crippen LogP contribution in [0.4, 0.5) is 11.4 Å². The molecule has 1 fully saturated rings. The number of likely N-dealkylation sites (tertiary alicyclic amines) is 1. The molecule has 1 saturated heterocycles. The summed E-state index contributed by atoms with van der Waals surface area (Å²) in [5.74, 6) is 0.881. The molecule has 0 bridgehead atoms. The van der Waals surface area contributed by atoms with Crippen molar-refractivity contribution in [2.24, 2.45) is 5.92 Å². The lowest BCUT2D eigenvalue weighted by molar-refractivity contribution is -0.121. The summed E-state index contributed by atoms with van der Waals surface area (Å²) in [5, 5.41) is 3.01. The predicted octanol–water partition coefficient (Wildman–Crippen LogP) is 3.03. The number of carbonyl (C=O) groups is 1. The summed E-state index contributed by atoms with van der Waals surface area (Å²) in [5.41, 5.74) is 8.34. The molecule has 0 spiro atoms. The highest BCUT2D eigenvalue weighted by Gasteiger charge is 2.26. The third-order valence-corrected chi connectivity index (χ3v) is 4.79. The number of anilines is 2. The molecule has 0 aromatic heterocycles. The zero-order chi connectivity index (χ0) is 15.4. The number of rotatable bonds is 4. The van der Waals surface area contributed by atoms with Gasteiger partial charge in [-0.15, -0.1) is 0 Å². The van der Waals surface area contributed by atoms with Crippen LogP contribution in [0.25, 0.3) is 0 Å². The molecular weight excluding hydrogens is 262 g/mol. The van der Waals surface area contributed by atoms with Gasteiger partial charge in [0.25, 0.3) is 0 Å². The van der Waals surface area contributed by atoms with E-state index in [9.17, 15) is 4.79 Å². The minimum atomic E-state index is -0.0939. The number of amides is 1. The third-order valence-electron chi connectivity index (χ3n) is 4.79. The Labute approximate surface area is 127 Å². The van der Waals surface area contributed by atoms with Crippen molar-refractivity contribution in [1.29, 1.82) is 0 Å². The Morgan fingerprint density at radius 2 is 2.10 bits per heavy atom. The minimum Gasteiger partial charge on any atom is -0.398 e. The number of benzene rings is 1. The number of piperidine rings is 1. The first-order valence-corrected chi connectivity index (χ1v) is 7.93. The van der Waals surface area contributed by atoms with Crippen molar-refractivity contribution >= 4 is 17.3 Å². The van der Waals surface area contributed by atoms with Gasteiger partial charge < -0.3 is 11.1 Å². The maximum atomic E-state index is 12.4. The van der Waals surface area contributed by atoms with Crippen molar-refractivity contribution in [1.82, 2.24) is 4.90 Å². The largest absolute Gasteiger partial charge is 0.398 e. The molecule has 1 heterocycles. The number of carbonyl (C=O) groups excluding carboxylic acids is 1. The van der Waals surface area contributed by atoms with E-state index in [0.29, 0.717) is 5.69 Å². The van der Waals surface area contributed by atoms with Gasteiger partial charge in [0.15, 0.2) is 0 Å². The lowest BCUT2D eigenvalue weighted by Gasteiger charge is -2.35. The van der Waals surface area contributed by atoms with Crippen LogP contribution in [0.3, 0.4) is 0 Å². The maximum absolute atomic E-state index is 12.4. The highest BCUT2D eigenvalue weighted by Crippen LogP contribution is 2.23. The Bertz CT molecular complexity index is 493. The molecule has 3 N–H and O–H groups in total. The first-order valence-electron chi connectivity index (χ1n) is 7.93. The summed E-state index contributed by atoms with van der Waals surface area (Å²) < 4.78 is 0. The molecule has 1 aliphatic rings. The normalized spacial score (nSPS) is 18.4. The molecule has 0 aliphatic carbocycles. The summed E-state index contributed by atoms with van der Waals surface area (Å²) in [6.45, 7) is 8.21. The molecule has 1 aromatic carbocycles. The van der Waals surface area contributed by atoms with Crippen molar-refractivity contribution < 1.29 is 4.79 Å². The van der Waals surface area contributed by atoms with E-state index in [1.54, 1.807) is 0 Å². The summed E-state index contributed by atoms with van der Waals surface area (Å²) in [4.78, 5) is 14.7. The number of nitrogens with zero attached hydrogens (tertiary/aromatic N) is 1. The highest BCUT2D eigenvalue weighted by molar-refractivity contribution is 5.95. The number of nitrogens with two attached hydrogens (primary N) is 1. The topological polar surface area (TPSA) is 58.4 Å². The van der Waals surface area contributed by atoms with E-state index in [4.69, 9.17) is 5.73 Å². The van der Waals surface area contributed by atoms with Crippen LogP contribution >= 0.6 is 0 Å². The van der Waals surface area contributed by atoms with Gasteiger partial charge in [0.1, 0.15) is 0 Å². The van der Waals surface area contributed by atoms with Crippen LogP contribution in [0.15, 0.2) is 18.2 Å². The van der Waals surface area contributed by atoms with Gasteiger partial charge in [-0.2, -0.15) is 0 Å². The van der Waals surface area contributed by atoms with Gasteiger partial charge in [-0.25, -0.2) is 0 Å². The molecule has 0 saturated carbocycles. The SMILES string of the molecule is CCC1CCN(C(C)C(=O)Nc2cccc(N)c2C)CC1. The smallest absolute Gasteiger partial charge is 0.241 e. The Morgan fingerprint density at radius 3 is 2.71 bits per heavy atom. The molecule has 1 aliphatic heterocycles. The molecule has 4 nitrogen and oxygen atoms in total. The van der Waals surface area contributed by atoms with E-state index in [1.807, 2.05) is 32.0 Å². The van der Waals surface area contributed by atoms with Crippen molar-refractivity contribution in [3.63, 3.8) is 0 Å². The molecule has 0 radical (unpaired) electrons. The molecule has 1 amide bonds. The van der Waals surface area contributed by atoms with E-state index >= 15 is 0 Å². The Kier molecular flexibility index (Phi) is 5.23. The molecule has 1 aromatic rings. The zero-order valence-corrected chi connectivity index (χ0v) is 13.4. The van der Waals surface area contributed by atoms with Crippen LogP contribution in [-0.2, 0) is 4.79 Å². The Balaban J connectivity index is 1.95. The number of hydrogen-bond acceptors (Lipinski definition) is 3. The van der Waals surface area contributed by atoms with Crippen LogP contribution in [-0.4, -0.2) is 29.9 Å². The van der Waals surface area contributed by atoms with E-state index in [2.05, 4.69) is 17.1 Å². The monoisotopic (exact) mass is 289 g/mol. The van der Waals surface area contributed by atoms with Gasteiger partial charge >= 0.3 is 0 Å². The van der Waals surface area contributed by atoms with Gasteiger partial charge in [0.2, 0.25) is 5.91 Å². The molecule has 2 rings (SSSR count). The molecule has 1 unspecified atom stereocenters. The summed E-state index contributed by atoms with van der Waals surface area (Å²) in [6, 6.07) is 5.53. The van der Waals surface area contributed by atoms with Gasteiger partial charge in [-0.05, 0) is 63.4 Å². The standard InChI is InChI=1S/C17H27N3O/c1-4-14-8-10-20(11-9-14)13(3)17(21)19-16-7-5-6-15(18)12(16)2/h5-7,13-14H,4,8-11,18H2,1-3H3,(H,19,21). The van der Waals surface area contributed by atoms with Crippen LogP contribution in [0.1, 0.15) is 38.7 Å². The van der Waals surface area contributed by atoms with Crippen molar-refractivity contribution in [2.75, 3.05) is 24.1 Å². The summed E-state index contributed by atoms with van der Waals surface area (Å²) in [6.07, 6.45) is 3.65. The Hall–Kier alpha value is -1.55. The van der Waals surface area contributed by atoms with Gasteiger partial charge in [0, 0.05) is 11.4 Å². The molecule has 21 heavy (non-hydrogen) atoms. The van der Waals surface area contributed by atoms with Crippen LogP contribution in [0.2, 0.25) is 0 Å².